The number of aryl methyl sites for hydroxylation is 1. The van der Waals surface area contributed by atoms with Gasteiger partial charge in [-0.25, -0.2) is 4.98 Å². The van der Waals surface area contributed by atoms with Crippen LogP contribution in [0.4, 0.5) is 5.69 Å². The van der Waals surface area contributed by atoms with Crippen LogP contribution in [-0.2, 0) is 0 Å². The molecule has 9 nitrogen and oxygen atoms in total. The number of nitro benzene ring substituents is 1. The number of nitrogens with zero attached hydrogens (tertiary/aromatic N) is 3. The van der Waals surface area contributed by atoms with E-state index >= 15 is 0 Å². The number of nitrogens with one attached hydrogen (secondary N) is 2. The third-order valence-corrected chi connectivity index (χ3v) is 5.58. The van der Waals surface area contributed by atoms with Crippen molar-refractivity contribution in [3.63, 3.8) is 0 Å². The summed E-state index contributed by atoms with van der Waals surface area (Å²) in [6.07, 6.45) is 0. The van der Waals surface area contributed by atoms with E-state index in [1.165, 1.54) is 28.5 Å². The standard InChI is InChI=1S/C21H17N5O4S/c1-12-5-7-13(8-6-12)20(28)24-25-10-17(27)18(19(25)22)21-23-16(11-31-21)14-3-2-4-15(9-14)26(29)30/h2-9,11,22,27H,10H2,1H3,(H,24,28). The van der Waals surface area contributed by atoms with Crippen LogP contribution in [0.3, 0.4) is 0 Å². The van der Waals surface area contributed by atoms with Gasteiger partial charge in [0.25, 0.3) is 11.6 Å². The highest BCUT2D eigenvalue weighted by atomic mass is 32.1. The summed E-state index contributed by atoms with van der Waals surface area (Å²) in [5, 5.41) is 33.2. The molecule has 0 bridgehead atoms. The molecule has 31 heavy (non-hydrogen) atoms. The lowest BCUT2D eigenvalue weighted by molar-refractivity contribution is -0.384. The summed E-state index contributed by atoms with van der Waals surface area (Å²) >= 11 is 1.20. The SMILES string of the molecule is Cc1ccc(C(=O)NN2CC(O)=C(c3nc(-c4cccc([N+](=O)[O-])c4)cs3)C2=N)cc1. The van der Waals surface area contributed by atoms with Crippen molar-refractivity contribution in [1.82, 2.24) is 15.4 Å². The summed E-state index contributed by atoms with van der Waals surface area (Å²) in [5.74, 6) is -0.567. The highest BCUT2D eigenvalue weighted by Gasteiger charge is 2.31. The average Bonchev–Trinajstić information content (AvgIpc) is 3.33. The van der Waals surface area contributed by atoms with Crippen molar-refractivity contribution in [3.8, 4) is 11.3 Å². The third kappa shape index (κ3) is 4.01. The number of carbonyl (C=O) groups excluding carboxylic acids is 1. The summed E-state index contributed by atoms with van der Waals surface area (Å²) in [6, 6.07) is 13.1. The van der Waals surface area contributed by atoms with Gasteiger partial charge in [0.1, 0.15) is 10.8 Å². The molecule has 1 aliphatic heterocycles. The van der Waals surface area contributed by atoms with Gasteiger partial charge >= 0.3 is 0 Å². The van der Waals surface area contributed by atoms with Crippen molar-refractivity contribution in [2.45, 2.75) is 6.92 Å². The molecule has 156 valence electrons. The van der Waals surface area contributed by atoms with Crippen LogP contribution in [0.25, 0.3) is 16.8 Å². The molecule has 0 saturated heterocycles. The van der Waals surface area contributed by atoms with Crippen molar-refractivity contribution in [2.24, 2.45) is 0 Å². The van der Waals surface area contributed by atoms with Gasteiger partial charge in [-0.2, -0.15) is 0 Å². The zero-order valence-electron chi connectivity index (χ0n) is 16.3. The van der Waals surface area contributed by atoms with Gasteiger partial charge < -0.3 is 5.11 Å². The van der Waals surface area contributed by atoms with E-state index < -0.39 is 10.8 Å². The van der Waals surface area contributed by atoms with E-state index in [-0.39, 0.29) is 29.4 Å². The van der Waals surface area contributed by atoms with Gasteiger partial charge in [0.05, 0.1) is 22.7 Å². The molecule has 0 radical (unpaired) electrons. The van der Waals surface area contributed by atoms with Crippen LogP contribution in [0, 0.1) is 22.4 Å². The second-order valence-corrected chi connectivity index (χ2v) is 7.77. The lowest BCUT2D eigenvalue weighted by Crippen LogP contribution is -2.43. The summed E-state index contributed by atoms with van der Waals surface area (Å²) < 4.78 is 0. The first-order valence-corrected chi connectivity index (χ1v) is 10.1. The maximum atomic E-state index is 12.5. The molecule has 2 heterocycles. The van der Waals surface area contributed by atoms with E-state index in [4.69, 9.17) is 5.41 Å². The number of non-ortho nitro benzene ring substituents is 1. The average molecular weight is 435 g/mol. The number of aliphatic hydroxyl groups is 1. The van der Waals surface area contributed by atoms with Crippen molar-refractivity contribution in [1.29, 1.82) is 5.41 Å². The third-order valence-electron chi connectivity index (χ3n) is 4.72. The molecule has 1 aromatic heterocycles. The number of aliphatic hydroxyl groups excluding tert-OH is 1. The molecule has 3 N–H and O–H groups in total. The largest absolute Gasteiger partial charge is 0.509 e. The van der Waals surface area contributed by atoms with Gasteiger partial charge in [-0.1, -0.05) is 29.8 Å². The van der Waals surface area contributed by atoms with Crippen molar-refractivity contribution in [2.75, 3.05) is 6.54 Å². The molecule has 2 aromatic carbocycles. The zero-order chi connectivity index (χ0) is 22.1. The highest BCUT2D eigenvalue weighted by Crippen LogP contribution is 2.32. The number of hydrogen-bond donors (Lipinski definition) is 3. The van der Waals surface area contributed by atoms with Gasteiger partial charge in [0.2, 0.25) is 0 Å². The zero-order valence-corrected chi connectivity index (χ0v) is 17.1. The van der Waals surface area contributed by atoms with Crippen LogP contribution >= 0.6 is 11.3 Å². The van der Waals surface area contributed by atoms with Crippen LogP contribution in [-0.4, -0.2) is 38.3 Å². The normalized spacial score (nSPS) is 13.6. The number of amidine groups is 1. The number of benzene rings is 2. The van der Waals surface area contributed by atoms with Crippen molar-refractivity contribution < 1.29 is 14.8 Å². The van der Waals surface area contributed by atoms with Crippen LogP contribution < -0.4 is 5.43 Å². The maximum Gasteiger partial charge on any atom is 0.270 e. The van der Waals surface area contributed by atoms with Gasteiger partial charge in [-0.3, -0.25) is 30.8 Å². The lowest BCUT2D eigenvalue weighted by atomic mass is 10.1. The molecule has 0 aliphatic carbocycles. The first-order valence-electron chi connectivity index (χ1n) is 9.20. The molecule has 0 spiro atoms. The Morgan fingerprint density at radius 1 is 1.29 bits per heavy atom. The van der Waals surface area contributed by atoms with Gasteiger partial charge in [-0.15, -0.1) is 11.3 Å². The number of hydrogen-bond acceptors (Lipinski definition) is 7. The molecule has 0 saturated carbocycles. The first-order chi connectivity index (χ1) is 14.8. The molecule has 1 aliphatic rings. The molecular formula is C21H17N5O4S. The number of rotatable bonds is 5. The van der Waals surface area contributed by atoms with E-state index in [0.29, 0.717) is 21.8 Å². The maximum absolute atomic E-state index is 12.5. The van der Waals surface area contributed by atoms with Crippen LogP contribution in [0.15, 0.2) is 59.7 Å². The van der Waals surface area contributed by atoms with E-state index in [2.05, 4.69) is 10.4 Å². The fraction of sp³-hybridized carbons (Fsp3) is 0.0952. The molecule has 10 heteroatoms. The second-order valence-electron chi connectivity index (χ2n) is 6.91. The Bertz CT molecular complexity index is 1230. The van der Waals surface area contributed by atoms with E-state index in [1.54, 1.807) is 29.6 Å². The number of amides is 1. The van der Waals surface area contributed by atoms with Crippen molar-refractivity contribution in [3.05, 3.63) is 85.9 Å². The Morgan fingerprint density at radius 2 is 2.03 bits per heavy atom. The van der Waals surface area contributed by atoms with Crippen LogP contribution in [0.5, 0.6) is 0 Å². The summed E-state index contributed by atoms with van der Waals surface area (Å²) in [5.41, 5.74) is 5.31. The second kappa shape index (κ2) is 8.00. The Labute approximate surface area is 180 Å². The molecule has 0 fully saturated rings. The van der Waals surface area contributed by atoms with Crippen LogP contribution in [0.2, 0.25) is 0 Å². The van der Waals surface area contributed by atoms with Gasteiger partial charge in [0.15, 0.2) is 5.84 Å². The fourth-order valence-electron chi connectivity index (χ4n) is 3.09. The topological polar surface area (TPSA) is 132 Å². The molecule has 3 aromatic rings. The summed E-state index contributed by atoms with van der Waals surface area (Å²) in [4.78, 5) is 27.4. The molecule has 0 unspecified atom stereocenters. The Hall–Kier alpha value is -4.05. The first kappa shape index (κ1) is 20.2. The number of aromatic nitrogens is 1. The smallest absolute Gasteiger partial charge is 0.270 e. The molecule has 4 rings (SSSR count). The Balaban J connectivity index is 1.53. The van der Waals surface area contributed by atoms with E-state index in [9.17, 15) is 20.0 Å². The number of nitro groups is 1. The minimum absolute atomic E-state index is 0.0484. The quantitative estimate of drug-likeness (QED) is 0.411. The Morgan fingerprint density at radius 3 is 2.74 bits per heavy atom. The lowest BCUT2D eigenvalue weighted by Gasteiger charge is -2.19. The van der Waals surface area contributed by atoms with E-state index in [1.807, 2.05) is 19.1 Å². The predicted molar refractivity (Wildman–Crippen MR) is 117 cm³/mol. The molecular weight excluding hydrogens is 418 g/mol. The highest BCUT2D eigenvalue weighted by molar-refractivity contribution is 7.11. The predicted octanol–water partition coefficient (Wildman–Crippen LogP) is 3.93. The minimum atomic E-state index is -0.480. The number of thiazole rings is 1. The minimum Gasteiger partial charge on any atom is -0.509 e. The molecule has 1 amide bonds. The number of carbonyl (C=O) groups is 1. The van der Waals surface area contributed by atoms with Gasteiger partial charge in [-0.05, 0) is 19.1 Å². The molecule has 0 atom stereocenters. The Kier molecular flexibility index (Phi) is 5.22. The summed E-state index contributed by atoms with van der Waals surface area (Å²) in [7, 11) is 0. The summed E-state index contributed by atoms with van der Waals surface area (Å²) in [6.45, 7) is 1.86. The van der Waals surface area contributed by atoms with Crippen LogP contribution in [0.1, 0.15) is 20.9 Å². The van der Waals surface area contributed by atoms with Crippen molar-refractivity contribution >= 4 is 34.3 Å². The number of hydrazine groups is 1. The fourth-order valence-corrected chi connectivity index (χ4v) is 3.99. The van der Waals surface area contributed by atoms with Gasteiger partial charge in [0, 0.05) is 28.6 Å². The van der Waals surface area contributed by atoms with E-state index in [0.717, 1.165) is 5.56 Å². The monoisotopic (exact) mass is 435 g/mol.